The monoisotopic (exact) mass is 555 g/mol. The summed E-state index contributed by atoms with van der Waals surface area (Å²) in [4.78, 5) is 47.5. The van der Waals surface area contributed by atoms with Crippen LogP contribution in [0.4, 0.5) is 0 Å². The molecule has 2 aromatic carbocycles. The third kappa shape index (κ3) is 5.20. The van der Waals surface area contributed by atoms with Crippen LogP contribution >= 0.6 is 11.3 Å². The van der Waals surface area contributed by atoms with Crippen molar-refractivity contribution in [3.05, 3.63) is 114 Å². The lowest BCUT2D eigenvalue weighted by atomic mass is 9.95. The summed E-state index contributed by atoms with van der Waals surface area (Å²) < 4.78 is 12.5. The molecule has 8 nitrogen and oxygen atoms in total. The second-order valence-electron chi connectivity index (χ2n) is 9.34. The van der Waals surface area contributed by atoms with E-state index < -0.39 is 12.0 Å². The van der Waals surface area contributed by atoms with Crippen molar-refractivity contribution in [1.29, 1.82) is 0 Å². The Balaban J connectivity index is 1.57. The number of thiazole rings is 1. The van der Waals surface area contributed by atoms with Gasteiger partial charge < -0.3 is 14.5 Å². The first-order valence-corrected chi connectivity index (χ1v) is 13.8. The van der Waals surface area contributed by atoms with Gasteiger partial charge in [-0.2, -0.15) is 0 Å². The van der Waals surface area contributed by atoms with Crippen LogP contribution in [0, 0.1) is 6.92 Å². The number of hydrogen-bond acceptors (Lipinski definition) is 7. The highest BCUT2D eigenvalue weighted by molar-refractivity contribution is 7.07. The lowest BCUT2D eigenvalue weighted by Crippen LogP contribution is -2.39. The molecule has 1 aliphatic rings. The Kier molecular flexibility index (Phi) is 7.66. The van der Waals surface area contributed by atoms with Crippen molar-refractivity contribution in [3.8, 4) is 11.3 Å². The molecule has 0 saturated carbocycles. The molecule has 0 aliphatic carbocycles. The van der Waals surface area contributed by atoms with E-state index in [-0.39, 0.29) is 18.1 Å². The van der Waals surface area contributed by atoms with E-state index in [4.69, 9.17) is 9.47 Å². The Bertz CT molecular complexity index is 1810. The minimum absolute atomic E-state index is 0.221. The number of nitrogens with zero attached hydrogens (tertiary/aromatic N) is 2. The maximum absolute atomic E-state index is 13.8. The number of esters is 2. The Morgan fingerprint density at radius 2 is 1.73 bits per heavy atom. The maximum Gasteiger partial charge on any atom is 0.338 e. The zero-order valence-corrected chi connectivity index (χ0v) is 23.5. The molecule has 40 heavy (non-hydrogen) atoms. The van der Waals surface area contributed by atoms with Crippen LogP contribution in [0.2, 0.25) is 0 Å². The highest BCUT2D eigenvalue weighted by Crippen LogP contribution is 2.31. The molecule has 0 spiro atoms. The second kappa shape index (κ2) is 11.3. The van der Waals surface area contributed by atoms with Crippen molar-refractivity contribution in [2.75, 3.05) is 13.2 Å². The molecule has 1 atom stereocenters. The van der Waals surface area contributed by atoms with Gasteiger partial charge in [0.1, 0.15) is 0 Å². The molecular formula is C31H29N3O5S. The lowest BCUT2D eigenvalue weighted by molar-refractivity contribution is -0.139. The number of hydrogen-bond donors (Lipinski definition) is 1. The van der Waals surface area contributed by atoms with Gasteiger partial charge in [0.15, 0.2) is 4.80 Å². The number of nitrogens with one attached hydrogen (secondary N) is 1. The van der Waals surface area contributed by atoms with Crippen LogP contribution in [0.25, 0.3) is 17.3 Å². The summed E-state index contributed by atoms with van der Waals surface area (Å²) in [7, 11) is 0. The van der Waals surface area contributed by atoms with Crippen LogP contribution in [0.3, 0.4) is 0 Å². The first-order valence-electron chi connectivity index (χ1n) is 13.0. The molecule has 1 N–H and O–H groups in total. The first kappa shape index (κ1) is 27.1. The molecule has 4 aromatic rings. The van der Waals surface area contributed by atoms with Crippen LogP contribution in [0.1, 0.15) is 54.0 Å². The van der Waals surface area contributed by atoms with Crippen LogP contribution < -0.4 is 14.9 Å². The summed E-state index contributed by atoms with van der Waals surface area (Å²) in [6, 6.07) is 18.1. The molecule has 1 unspecified atom stereocenters. The number of aryl methyl sites for hydroxylation is 1. The minimum Gasteiger partial charge on any atom is -0.463 e. The molecule has 0 radical (unpaired) electrons. The normalized spacial score (nSPS) is 15.0. The summed E-state index contributed by atoms with van der Waals surface area (Å²) >= 11 is 1.27. The lowest BCUT2D eigenvalue weighted by Gasteiger charge is -2.24. The maximum atomic E-state index is 13.8. The third-order valence-electron chi connectivity index (χ3n) is 6.59. The first-order chi connectivity index (χ1) is 19.3. The van der Waals surface area contributed by atoms with E-state index in [1.807, 2.05) is 49.4 Å². The van der Waals surface area contributed by atoms with Gasteiger partial charge in [-0.15, -0.1) is 0 Å². The van der Waals surface area contributed by atoms with Crippen molar-refractivity contribution >= 4 is 29.4 Å². The van der Waals surface area contributed by atoms with E-state index in [1.54, 1.807) is 49.6 Å². The van der Waals surface area contributed by atoms with Gasteiger partial charge in [0.2, 0.25) is 0 Å². The van der Waals surface area contributed by atoms with Gasteiger partial charge in [0.25, 0.3) is 5.56 Å². The average molecular weight is 556 g/mol. The number of H-pyrrole nitrogens is 1. The van der Waals surface area contributed by atoms with E-state index in [1.165, 1.54) is 11.3 Å². The highest BCUT2D eigenvalue weighted by atomic mass is 32.1. The Morgan fingerprint density at radius 1 is 1.00 bits per heavy atom. The van der Waals surface area contributed by atoms with Crippen molar-refractivity contribution in [1.82, 2.24) is 9.55 Å². The predicted molar refractivity (Wildman–Crippen MR) is 154 cm³/mol. The molecule has 0 fully saturated rings. The number of carbonyl (C=O) groups is 2. The molecule has 2 aromatic heterocycles. The number of aromatic nitrogens is 2. The van der Waals surface area contributed by atoms with E-state index in [2.05, 4.69) is 9.98 Å². The molecule has 204 valence electrons. The van der Waals surface area contributed by atoms with Crippen LogP contribution in [-0.4, -0.2) is 34.7 Å². The summed E-state index contributed by atoms with van der Waals surface area (Å²) in [5, 5.41) is 0. The highest BCUT2D eigenvalue weighted by Gasteiger charge is 2.33. The van der Waals surface area contributed by atoms with Gasteiger partial charge in [-0.25, -0.2) is 14.6 Å². The van der Waals surface area contributed by atoms with Crippen LogP contribution in [-0.2, 0) is 14.3 Å². The third-order valence-corrected chi connectivity index (χ3v) is 7.57. The van der Waals surface area contributed by atoms with E-state index >= 15 is 0 Å². The molecule has 5 rings (SSSR count). The fourth-order valence-electron chi connectivity index (χ4n) is 4.69. The fourth-order valence-corrected chi connectivity index (χ4v) is 5.73. The number of carbonyl (C=O) groups excluding carboxylic acids is 2. The van der Waals surface area contributed by atoms with Gasteiger partial charge in [-0.1, -0.05) is 53.3 Å². The van der Waals surface area contributed by atoms with Gasteiger partial charge in [-0.3, -0.25) is 9.36 Å². The van der Waals surface area contributed by atoms with Gasteiger partial charge in [0.05, 0.1) is 40.6 Å². The average Bonchev–Trinajstić information content (AvgIpc) is 3.53. The molecular weight excluding hydrogens is 526 g/mol. The standard InChI is InChI=1S/C31H29N3O5S/c1-5-38-29(36)22-9-7-8-21(16-22)24-15-14-23(33-24)17-25-28(35)34-27(20-12-10-18(3)11-13-20)26(30(37)39-6-2)19(4)32-31(34)40-25/h7-17,27,33H,5-6H2,1-4H3/b25-17-. The number of fused-ring (bicyclic) bond motifs is 1. The number of benzene rings is 2. The van der Waals surface area contributed by atoms with Crippen molar-refractivity contribution in [3.63, 3.8) is 0 Å². The smallest absolute Gasteiger partial charge is 0.338 e. The zero-order valence-electron chi connectivity index (χ0n) is 22.7. The van der Waals surface area contributed by atoms with E-state index in [0.29, 0.717) is 32.8 Å². The number of allylic oxidation sites excluding steroid dienone is 1. The SMILES string of the molecule is CCOC(=O)C1=C(C)N=c2s/c(=C\c3ccc(-c4cccc(C(=O)OCC)c4)[nH]3)c(=O)n2C1c1ccc(C)cc1. The van der Waals surface area contributed by atoms with Crippen molar-refractivity contribution in [2.24, 2.45) is 4.99 Å². The summed E-state index contributed by atoms with van der Waals surface area (Å²) in [5.41, 5.74) is 5.31. The van der Waals surface area contributed by atoms with Gasteiger partial charge in [0, 0.05) is 11.4 Å². The number of aromatic amines is 1. The van der Waals surface area contributed by atoms with Crippen molar-refractivity contribution in [2.45, 2.75) is 33.7 Å². The van der Waals surface area contributed by atoms with Crippen molar-refractivity contribution < 1.29 is 19.1 Å². The zero-order chi connectivity index (χ0) is 28.4. The van der Waals surface area contributed by atoms with Crippen LogP contribution in [0.5, 0.6) is 0 Å². The van der Waals surface area contributed by atoms with Gasteiger partial charge >= 0.3 is 11.9 Å². The Labute approximate surface area is 234 Å². The van der Waals surface area contributed by atoms with Gasteiger partial charge in [-0.05, 0) is 69.2 Å². The predicted octanol–water partition coefficient (Wildman–Crippen LogP) is 4.28. The quantitative estimate of drug-likeness (QED) is 0.343. The molecule has 0 bridgehead atoms. The van der Waals surface area contributed by atoms with E-state index in [9.17, 15) is 14.4 Å². The topological polar surface area (TPSA) is 103 Å². The molecule has 0 saturated heterocycles. The summed E-state index contributed by atoms with van der Waals surface area (Å²) in [6.07, 6.45) is 1.78. The number of ether oxygens (including phenoxy) is 2. The molecule has 3 heterocycles. The minimum atomic E-state index is -0.650. The number of rotatable bonds is 7. The molecule has 0 amide bonds. The van der Waals surface area contributed by atoms with Crippen LogP contribution in [0.15, 0.2) is 81.7 Å². The molecule has 9 heteroatoms. The largest absolute Gasteiger partial charge is 0.463 e. The second-order valence-corrected chi connectivity index (χ2v) is 10.4. The fraction of sp³-hybridized carbons (Fsp3) is 0.226. The van der Waals surface area contributed by atoms with E-state index in [0.717, 1.165) is 28.1 Å². The summed E-state index contributed by atoms with van der Waals surface area (Å²) in [6.45, 7) is 7.80. The molecule has 1 aliphatic heterocycles. The Hall–Kier alpha value is -4.50. The Morgan fingerprint density at radius 3 is 2.45 bits per heavy atom. The summed E-state index contributed by atoms with van der Waals surface area (Å²) in [5.74, 6) is -0.861.